The van der Waals surface area contributed by atoms with Gasteiger partial charge in [0.2, 0.25) is 0 Å². The van der Waals surface area contributed by atoms with Crippen molar-refractivity contribution < 1.29 is 24.2 Å². The minimum absolute atomic E-state index is 0.00184. The van der Waals surface area contributed by atoms with Gasteiger partial charge in [-0.05, 0) is 36.6 Å². The third-order valence-corrected chi connectivity index (χ3v) is 5.92. The van der Waals surface area contributed by atoms with Gasteiger partial charge in [-0.1, -0.05) is 30.3 Å². The molecule has 0 saturated carbocycles. The molecule has 1 aromatic heterocycles. The number of rotatable bonds is 12. The Morgan fingerprint density at radius 3 is 2.79 bits per heavy atom. The van der Waals surface area contributed by atoms with Crippen LogP contribution in [0, 0.1) is 0 Å². The number of nitrogens with one attached hydrogen (secondary N) is 4. The minimum Gasteiger partial charge on any atom is -0.480 e. The number of carbonyl (C=O) groups is 3. The van der Waals surface area contributed by atoms with Crippen LogP contribution in [0.3, 0.4) is 0 Å². The number of fused-ring (bicyclic) bond motifs is 1. The lowest BCUT2D eigenvalue weighted by Crippen LogP contribution is -2.48. The second-order valence-corrected chi connectivity index (χ2v) is 8.73. The van der Waals surface area contributed by atoms with Crippen molar-refractivity contribution in [2.24, 2.45) is 4.99 Å². The molecule has 0 radical (unpaired) electrons. The summed E-state index contributed by atoms with van der Waals surface area (Å²) >= 11 is 0. The third-order valence-electron chi connectivity index (χ3n) is 5.92. The smallest absolute Gasteiger partial charge is 0.408 e. The Bertz CT molecular complexity index is 1280. The summed E-state index contributed by atoms with van der Waals surface area (Å²) in [5.41, 5.74) is 2.02. The summed E-state index contributed by atoms with van der Waals surface area (Å²) in [5, 5.41) is 26.1. The molecule has 2 aromatic carbocycles. The van der Waals surface area contributed by atoms with Gasteiger partial charge in [0.25, 0.3) is 5.91 Å². The summed E-state index contributed by atoms with van der Waals surface area (Å²) in [7, 11) is 0. The van der Waals surface area contributed by atoms with Crippen LogP contribution in [0.15, 0.2) is 59.7 Å². The number of nitrogens with zero attached hydrogens (tertiary/aromatic N) is 3. The van der Waals surface area contributed by atoms with E-state index in [1.165, 1.54) is 0 Å². The number of carboxylic acids is 1. The summed E-state index contributed by atoms with van der Waals surface area (Å²) in [6, 6.07) is 12.8. The Labute approximate surface area is 219 Å². The zero-order valence-electron chi connectivity index (χ0n) is 20.8. The number of carboxylic acid groups (broad SMARTS) is 1. The maximum Gasteiger partial charge on any atom is 0.408 e. The summed E-state index contributed by atoms with van der Waals surface area (Å²) < 4.78 is 6.94. The van der Waals surface area contributed by atoms with Crippen molar-refractivity contribution in [2.45, 2.75) is 38.3 Å². The van der Waals surface area contributed by atoms with Crippen LogP contribution in [0.25, 0.3) is 10.9 Å². The number of benzene rings is 2. The van der Waals surface area contributed by atoms with Crippen LogP contribution in [0.4, 0.5) is 4.79 Å². The highest BCUT2D eigenvalue weighted by Gasteiger charge is 2.22. The van der Waals surface area contributed by atoms with Crippen LogP contribution in [0.5, 0.6) is 0 Å². The van der Waals surface area contributed by atoms with Gasteiger partial charge < -0.3 is 20.5 Å². The Morgan fingerprint density at radius 2 is 2.03 bits per heavy atom. The first-order valence-corrected chi connectivity index (χ1v) is 12.4. The molecule has 12 nitrogen and oxygen atoms in total. The fourth-order valence-corrected chi connectivity index (χ4v) is 3.92. The molecule has 0 bridgehead atoms. The predicted octanol–water partition coefficient (Wildman–Crippen LogP) is 1.47. The zero-order valence-corrected chi connectivity index (χ0v) is 20.8. The molecule has 2 heterocycles. The maximum absolute atomic E-state index is 12.7. The molecule has 2 atom stereocenters. The Balaban J connectivity index is 1.25. The molecule has 12 heteroatoms. The quantitative estimate of drug-likeness (QED) is 0.224. The van der Waals surface area contributed by atoms with E-state index in [-0.39, 0.29) is 19.4 Å². The summed E-state index contributed by atoms with van der Waals surface area (Å²) in [6.07, 6.45) is 4.47. The third kappa shape index (κ3) is 7.60. The number of carbonyl (C=O) groups excluding carboxylic acids is 2. The van der Waals surface area contributed by atoms with E-state index in [1.807, 2.05) is 23.0 Å². The summed E-state index contributed by atoms with van der Waals surface area (Å²) in [4.78, 5) is 40.6. The van der Waals surface area contributed by atoms with E-state index >= 15 is 0 Å². The van der Waals surface area contributed by atoms with Gasteiger partial charge in [0, 0.05) is 43.3 Å². The van der Waals surface area contributed by atoms with Gasteiger partial charge in [0.15, 0.2) is 6.29 Å². The first-order chi connectivity index (χ1) is 18.5. The average molecular weight is 522 g/mol. The molecule has 38 heavy (non-hydrogen) atoms. The van der Waals surface area contributed by atoms with Crippen LogP contribution in [-0.4, -0.2) is 71.0 Å². The van der Waals surface area contributed by atoms with Crippen molar-refractivity contribution in [3.8, 4) is 0 Å². The Kier molecular flexibility index (Phi) is 9.37. The van der Waals surface area contributed by atoms with E-state index in [1.54, 1.807) is 42.6 Å². The lowest BCUT2D eigenvalue weighted by Gasteiger charge is -2.18. The summed E-state index contributed by atoms with van der Waals surface area (Å²) in [6.45, 7) is 2.08. The molecular formula is C26H31N7O5. The molecule has 200 valence electrons. The van der Waals surface area contributed by atoms with Crippen molar-refractivity contribution in [3.05, 3.63) is 65.9 Å². The van der Waals surface area contributed by atoms with Gasteiger partial charge in [-0.25, -0.2) is 9.59 Å². The van der Waals surface area contributed by atoms with Crippen LogP contribution >= 0.6 is 0 Å². The highest BCUT2D eigenvalue weighted by atomic mass is 16.5. The van der Waals surface area contributed by atoms with Crippen LogP contribution in [0.2, 0.25) is 0 Å². The van der Waals surface area contributed by atoms with E-state index in [9.17, 15) is 19.5 Å². The lowest BCUT2D eigenvalue weighted by molar-refractivity contribution is -0.139. The second kappa shape index (κ2) is 13.3. The molecule has 4 rings (SSSR count). The SMILES string of the molecule is O=C(NC(CNC(=O)c1ccc2c(cnn2CCCNC2N=CCCN2)c1)C(=O)O)OCc1ccccc1. The number of aryl methyl sites for hydroxylation is 1. The number of aliphatic imine (C=N–C) groups is 1. The Hall–Kier alpha value is -4.29. The summed E-state index contributed by atoms with van der Waals surface area (Å²) in [5.74, 6) is -1.76. The van der Waals surface area contributed by atoms with E-state index < -0.39 is 24.0 Å². The molecule has 3 aromatic rings. The molecule has 1 aliphatic heterocycles. The van der Waals surface area contributed by atoms with Gasteiger partial charge in [-0.3, -0.25) is 25.1 Å². The van der Waals surface area contributed by atoms with E-state index in [0.717, 1.165) is 42.4 Å². The fraction of sp³-hybridized carbons (Fsp3) is 0.346. The number of alkyl carbamates (subject to hydrolysis) is 1. The van der Waals surface area contributed by atoms with Gasteiger partial charge in [-0.15, -0.1) is 0 Å². The van der Waals surface area contributed by atoms with Gasteiger partial charge >= 0.3 is 12.1 Å². The normalized spacial score (nSPS) is 15.6. The largest absolute Gasteiger partial charge is 0.480 e. The number of hydrogen-bond donors (Lipinski definition) is 5. The number of aromatic nitrogens is 2. The lowest BCUT2D eigenvalue weighted by atomic mass is 10.1. The van der Waals surface area contributed by atoms with Crippen molar-refractivity contribution in [2.75, 3.05) is 19.6 Å². The van der Waals surface area contributed by atoms with Crippen LogP contribution in [-0.2, 0) is 22.7 Å². The van der Waals surface area contributed by atoms with Crippen molar-refractivity contribution in [1.29, 1.82) is 0 Å². The van der Waals surface area contributed by atoms with E-state index in [2.05, 4.69) is 31.4 Å². The molecule has 0 aliphatic carbocycles. The number of ether oxygens (including phenoxy) is 1. The maximum atomic E-state index is 12.7. The molecule has 0 spiro atoms. The Morgan fingerprint density at radius 1 is 1.18 bits per heavy atom. The molecule has 5 N–H and O–H groups in total. The number of amides is 2. The molecular weight excluding hydrogens is 490 g/mol. The first kappa shape index (κ1) is 26.8. The predicted molar refractivity (Wildman–Crippen MR) is 141 cm³/mol. The van der Waals surface area contributed by atoms with Crippen molar-refractivity contribution in [1.82, 2.24) is 31.0 Å². The highest BCUT2D eigenvalue weighted by Crippen LogP contribution is 2.16. The minimum atomic E-state index is -1.35. The van der Waals surface area contributed by atoms with Gasteiger partial charge in [0.05, 0.1) is 11.7 Å². The molecule has 0 saturated heterocycles. The standard InChI is InChI=1S/C26H31N7O5/c34-23(30-16-21(24(35)36)32-26(37)38-17-18-6-2-1-3-7-18)19-8-9-22-20(14-19)15-31-33(22)13-5-12-29-25-27-10-4-11-28-25/h1-3,6-10,14-15,21,25,28-29H,4-5,11-13,16-17H2,(H,30,34)(H,32,37)(H,35,36). The fourth-order valence-electron chi connectivity index (χ4n) is 3.92. The monoisotopic (exact) mass is 521 g/mol. The average Bonchev–Trinajstić information content (AvgIpc) is 3.35. The number of hydrogen-bond acceptors (Lipinski definition) is 8. The molecule has 1 aliphatic rings. The van der Waals surface area contributed by atoms with Crippen molar-refractivity contribution >= 4 is 35.1 Å². The zero-order chi connectivity index (χ0) is 26.7. The highest BCUT2D eigenvalue weighted by molar-refractivity contribution is 5.98. The van der Waals surface area contributed by atoms with Crippen LogP contribution in [0.1, 0.15) is 28.8 Å². The first-order valence-electron chi connectivity index (χ1n) is 12.4. The van der Waals surface area contributed by atoms with Crippen LogP contribution < -0.4 is 21.3 Å². The van der Waals surface area contributed by atoms with Gasteiger partial charge in [-0.2, -0.15) is 5.10 Å². The molecule has 2 unspecified atom stereocenters. The van der Waals surface area contributed by atoms with E-state index in [4.69, 9.17) is 4.74 Å². The van der Waals surface area contributed by atoms with Gasteiger partial charge in [0.1, 0.15) is 12.6 Å². The topological polar surface area (TPSA) is 159 Å². The molecule has 0 fully saturated rings. The molecule has 2 amide bonds. The van der Waals surface area contributed by atoms with Crippen molar-refractivity contribution in [3.63, 3.8) is 0 Å². The number of aliphatic carboxylic acids is 1. The second-order valence-electron chi connectivity index (χ2n) is 8.73. The van der Waals surface area contributed by atoms with E-state index in [0.29, 0.717) is 12.1 Å².